The van der Waals surface area contributed by atoms with Gasteiger partial charge < -0.3 is 9.84 Å². The molecule has 0 aromatic heterocycles. The minimum atomic E-state index is -0.351. The standard InChI is InChI=1S/C22H30O2/c1-5-21(20-13-9-7-11-18(20)3)22(4,24-15-14-23)16-19-12-8-6-10-17(19)2/h6-13,21,23H,5,14-16H2,1-4H3. The van der Waals surface area contributed by atoms with Crippen LogP contribution in [-0.2, 0) is 11.2 Å². The van der Waals surface area contributed by atoms with Crippen molar-refractivity contribution in [3.63, 3.8) is 0 Å². The summed E-state index contributed by atoms with van der Waals surface area (Å²) < 4.78 is 6.25. The first-order valence-corrected chi connectivity index (χ1v) is 8.86. The molecule has 0 saturated carbocycles. The monoisotopic (exact) mass is 326 g/mol. The summed E-state index contributed by atoms with van der Waals surface area (Å²) in [6.45, 7) is 9.14. The second kappa shape index (κ2) is 8.46. The molecule has 0 aliphatic heterocycles. The van der Waals surface area contributed by atoms with Crippen LogP contribution in [0.25, 0.3) is 0 Å². The number of rotatable bonds is 8. The maximum Gasteiger partial charge on any atom is 0.0764 e. The lowest BCUT2D eigenvalue weighted by atomic mass is 9.76. The topological polar surface area (TPSA) is 29.5 Å². The SMILES string of the molecule is CCC(c1ccccc1C)C(C)(Cc1ccccc1C)OCCO. The second-order valence-electron chi connectivity index (χ2n) is 6.81. The van der Waals surface area contributed by atoms with Crippen molar-refractivity contribution in [1.29, 1.82) is 0 Å². The highest BCUT2D eigenvalue weighted by molar-refractivity contribution is 5.34. The fourth-order valence-electron chi connectivity index (χ4n) is 3.70. The minimum absolute atomic E-state index is 0.0492. The molecule has 130 valence electrons. The molecule has 1 N–H and O–H groups in total. The Balaban J connectivity index is 2.41. The molecule has 2 rings (SSSR count). The number of benzene rings is 2. The zero-order valence-corrected chi connectivity index (χ0v) is 15.4. The van der Waals surface area contributed by atoms with Crippen molar-refractivity contribution in [2.24, 2.45) is 0 Å². The Morgan fingerprint density at radius 2 is 1.62 bits per heavy atom. The van der Waals surface area contributed by atoms with Gasteiger partial charge in [0, 0.05) is 12.3 Å². The number of aliphatic hydroxyl groups excluding tert-OH is 1. The van der Waals surface area contributed by atoms with E-state index in [1.54, 1.807) is 0 Å². The average molecular weight is 326 g/mol. The Labute approximate surface area is 146 Å². The van der Waals surface area contributed by atoms with Crippen molar-refractivity contribution in [2.45, 2.75) is 52.1 Å². The second-order valence-corrected chi connectivity index (χ2v) is 6.81. The molecule has 0 bridgehead atoms. The van der Waals surface area contributed by atoms with Gasteiger partial charge in [0.05, 0.1) is 18.8 Å². The third kappa shape index (κ3) is 4.25. The first-order valence-electron chi connectivity index (χ1n) is 8.86. The van der Waals surface area contributed by atoms with Gasteiger partial charge in [-0.1, -0.05) is 55.5 Å². The molecule has 0 aliphatic carbocycles. The first kappa shape index (κ1) is 18.7. The predicted octanol–water partition coefficient (Wildman–Crippen LogP) is 4.81. The molecular formula is C22H30O2. The Kier molecular flexibility index (Phi) is 6.59. The molecule has 0 fully saturated rings. The summed E-state index contributed by atoms with van der Waals surface area (Å²) in [6.07, 6.45) is 1.84. The van der Waals surface area contributed by atoms with E-state index in [9.17, 15) is 5.11 Å². The fraction of sp³-hybridized carbons (Fsp3) is 0.455. The van der Waals surface area contributed by atoms with E-state index in [0.717, 1.165) is 12.8 Å². The van der Waals surface area contributed by atoms with Crippen LogP contribution < -0.4 is 0 Å². The van der Waals surface area contributed by atoms with E-state index in [2.05, 4.69) is 76.2 Å². The summed E-state index contributed by atoms with van der Waals surface area (Å²) in [7, 11) is 0. The molecule has 2 heteroatoms. The van der Waals surface area contributed by atoms with Crippen LogP contribution in [0.15, 0.2) is 48.5 Å². The van der Waals surface area contributed by atoms with Gasteiger partial charge in [-0.25, -0.2) is 0 Å². The Morgan fingerprint density at radius 3 is 2.21 bits per heavy atom. The molecule has 2 unspecified atom stereocenters. The molecule has 0 radical (unpaired) electrons. The van der Waals surface area contributed by atoms with E-state index in [-0.39, 0.29) is 18.1 Å². The molecule has 24 heavy (non-hydrogen) atoms. The van der Waals surface area contributed by atoms with Gasteiger partial charge >= 0.3 is 0 Å². The lowest BCUT2D eigenvalue weighted by Gasteiger charge is -2.39. The highest BCUT2D eigenvalue weighted by Gasteiger charge is 2.36. The van der Waals surface area contributed by atoms with E-state index in [4.69, 9.17) is 4.74 Å². The third-order valence-corrected chi connectivity index (χ3v) is 5.04. The average Bonchev–Trinajstić information content (AvgIpc) is 2.57. The van der Waals surface area contributed by atoms with Crippen molar-refractivity contribution < 1.29 is 9.84 Å². The minimum Gasteiger partial charge on any atom is -0.394 e. The van der Waals surface area contributed by atoms with Crippen LogP contribution >= 0.6 is 0 Å². The van der Waals surface area contributed by atoms with E-state index < -0.39 is 0 Å². The van der Waals surface area contributed by atoms with Gasteiger partial charge in [0.25, 0.3) is 0 Å². The molecular weight excluding hydrogens is 296 g/mol. The summed E-state index contributed by atoms with van der Waals surface area (Å²) in [6, 6.07) is 17.0. The normalized spacial score (nSPS) is 15.0. The van der Waals surface area contributed by atoms with Gasteiger partial charge in [-0.05, 0) is 49.4 Å². The van der Waals surface area contributed by atoms with Gasteiger partial charge in [-0.15, -0.1) is 0 Å². The fourth-order valence-corrected chi connectivity index (χ4v) is 3.70. The van der Waals surface area contributed by atoms with Crippen molar-refractivity contribution >= 4 is 0 Å². The summed E-state index contributed by atoms with van der Waals surface area (Å²) >= 11 is 0. The number of hydrogen-bond acceptors (Lipinski definition) is 2. The van der Waals surface area contributed by atoms with Crippen molar-refractivity contribution in [3.8, 4) is 0 Å². The van der Waals surface area contributed by atoms with Crippen LogP contribution in [0, 0.1) is 13.8 Å². The summed E-state index contributed by atoms with van der Waals surface area (Å²) in [5.74, 6) is 0.282. The molecule has 2 atom stereocenters. The molecule has 0 heterocycles. The molecule has 2 aromatic carbocycles. The highest BCUT2D eigenvalue weighted by atomic mass is 16.5. The molecule has 0 saturated heterocycles. The van der Waals surface area contributed by atoms with Crippen molar-refractivity contribution in [2.75, 3.05) is 13.2 Å². The van der Waals surface area contributed by atoms with Crippen LogP contribution in [0.3, 0.4) is 0 Å². The molecule has 2 aromatic rings. The summed E-state index contributed by atoms with van der Waals surface area (Å²) in [5, 5.41) is 9.30. The Hall–Kier alpha value is -1.64. The quantitative estimate of drug-likeness (QED) is 0.754. The largest absolute Gasteiger partial charge is 0.394 e. The number of aliphatic hydroxyl groups is 1. The van der Waals surface area contributed by atoms with E-state index in [1.807, 2.05) is 0 Å². The maximum atomic E-state index is 9.30. The molecule has 0 aliphatic rings. The number of hydrogen-bond donors (Lipinski definition) is 1. The zero-order chi connectivity index (χ0) is 17.6. The molecule has 0 amide bonds. The lowest BCUT2D eigenvalue weighted by Crippen LogP contribution is -2.40. The summed E-state index contributed by atoms with van der Waals surface area (Å²) in [4.78, 5) is 0. The Bertz CT molecular complexity index is 650. The smallest absolute Gasteiger partial charge is 0.0764 e. The number of aryl methyl sites for hydroxylation is 2. The van der Waals surface area contributed by atoms with E-state index in [1.165, 1.54) is 22.3 Å². The van der Waals surface area contributed by atoms with Crippen LogP contribution in [-0.4, -0.2) is 23.9 Å². The Morgan fingerprint density at radius 1 is 1.00 bits per heavy atom. The van der Waals surface area contributed by atoms with Crippen LogP contribution in [0.2, 0.25) is 0 Å². The van der Waals surface area contributed by atoms with Crippen LogP contribution in [0.5, 0.6) is 0 Å². The van der Waals surface area contributed by atoms with Gasteiger partial charge in [-0.3, -0.25) is 0 Å². The van der Waals surface area contributed by atoms with Gasteiger partial charge in [0.15, 0.2) is 0 Å². The molecule has 0 spiro atoms. The van der Waals surface area contributed by atoms with Gasteiger partial charge in [0.1, 0.15) is 0 Å². The van der Waals surface area contributed by atoms with Gasteiger partial charge in [-0.2, -0.15) is 0 Å². The van der Waals surface area contributed by atoms with Gasteiger partial charge in [0.2, 0.25) is 0 Å². The highest BCUT2D eigenvalue weighted by Crippen LogP contribution is 2.38. The van der Waals surface area contributed by atoms with Crippen molar-refractivity contribution in [3.05, 3.63) is 70.8 Å². The predicted molar refractivity (Wildman–Crippen MR) is 101 cm³/mol. The molecule has 2 nitrogen and oxygen atoms in total. The van der Waals surface area contributed by atoms with Crippen LogP contribution in [0.1, 0.15) is 48.4 Å². The van der Waals surface area contributed by atoms with Crippen molar-refractivity contribution in [1.82, 2.24) is 0 Å². The lowest BCUT2D eigenvalue weighted by molar-refractivity contribution is -0.0644. The zero-order valence-electron chi connectivity index (χ0n) is 15.4. The van der Waals surface area contributed by atoms with E-state index >= 15 is 0 Å². The van der Waals surface area contributed by atoms with E-state index in [0.29, 0.717) is 6.61 Å². The summed E-state index contributed by atoms with van der Waals surface area (Å²) in [5.41, 5.74) is 4.89. The van der Waals surface area contributed by atoms with Crippen LogP contribution in [0.4, 0.5) is 0 Å². The first-order chi connectivity index (χ1) is 11.5. The number of ether oxygens (including phenoxy) is 1. The maximum absolute atomic E-state index is 9.30. The third-order valence-electron chi connectivity index (χ3n) is 5.04.